The molecule has 0 aromatic heterocycles. The summed E-state index contributed by atoms with van der Waals surface area (Å²) in [4.78, 5) is 27.1. The number of nitrogens with zero attached hydrogens (tertiary/aromatic N) is 2. The molecule has 0 radical (unpaired) electrons. The van der Waals surface area contributed by atoms with Gasteiger partial charge in [0.15, 0.2) is 0 Å². The Labute approximate surface area is 158 Å². The molecule has 0 bridgehead atoms. The van der Waals surface area contributed by atoms with Gasteiger partial charge in [-0.05, 0) is 38.0 Å². The molecule has 0 aliphatic carbocycles. The highest BCUT2D eigenvalue weighted by Crippen LogP contribution is 2.32. The van der Waals surface area contributed by atoms with Crippen LogP contribution in [-0.2, 0) is 14.8 Å². The summed E-state index contributed by atoms with van der Waals surface area (Å²) in [5.74, 6) is -0.762. The summed E-state index contributed by atoms with van der Waals surface area (Å²) >= 11 is 0. The fourth-order valence-corrected chi connectivity index (χ4v) is 5.50. The predicted molar refractivity (Wildman–Crippen MR) is 97.0 cm³/mol. The molecule has 27 heavy (non-hydrogen) atoms. The third kappa shape index (κ3) is 3.13. The van der Waals surface area contributed by atoms with Crippen LogP contribution in [0.4, 0.5) is 0 Å². The second kappa shape index (κ2) is 6.88. The molecular weight excluding hydrogens is 370 g/mol. The highest BCUT2D eigenvalue weighted by molar-refractivity contribution is 7.90. The smallest absolute Gasteiger partial charge is 0.269 e. The van der Waals surface area contributed by atoms with Crippen molar-refractivity contribution < 1.29 is 22.7 Å². The molecule has 2 saturated heterocycles. The van der Waals surface area contributed by atoms with E-state index in [0.717, 1.165) is 17.1 Å². The number of nitrogens with one attached hydrogen (secondary N) is 1. The van der Waals surface area contributed by atoms with Crippen LogP contribution in [0, 0.1) is 0 Å². The minimum Gasteiger partial charge on any atom is -0.376 e. The number of carbonyl (C=O) groups excluding carboxylic acids is 2. The number of rotatable bonds is 3. The summed E-state index contributed by atoms with van der Waals surface area (Å²) in [6, 6.07) is 4.35. The molecule has 2 amide bonds. The van der Waals surface area contributed by atoms with Crippen LogP contribution in [-0.4, -0.2) is 74.4 Å². The SMILES string of the molecule is C[C@@H]1CNCCN1C(=O)c1ccc2c(c1)S(=O)(=O)N(CC1CCCO1)C2=O. The van der Waals surface area contributed by atoms with E-state index in [9.17, 15) is 18.0 Å². The molecular formula is C18H23N3O5S. The molecule has 2 fully saturated rings. The zero-order valence-electron chi connectivity index (χ0n) is 15.2. The van der Waals surface area contributed by atoms with Crippen LogP contribution in [0.3, 0.4) is 0 Å². The summed E-state index contributed by atoms with van der Waals surface area (Å²) in [6.07, 6.45) is 1.34. The molecule has 1 N–H and O–H groups in total. The van der Waals surface area contributed by atoms with Crippen LogP contribution in [0.1, 0.15) is 40.5 Å². The van der Waals surface area contributed by atoms with Gasteiger partial charge in [-0.3, -0.25) is 9.59 Å². The number of sulfonamides is 1. The molecule has 1 aromatic rings. The zero-order chi connectivity index (χ0) is 19.2. The molecule has 1 unspecified atom stereocenters. The van der Waals surface area contributed by atoms with Gasteiger partial charge in [0.25, 0.3) is 21.8 Å². The van der Waals surface area contributed by atoms with E-state index in [1.165, 1.54) is 12.1 Å². The number of hydrogen-bond acceptors (Lipinski definition) is 6. The first-order valence-corrected chi connectivity index (χ1v) is 10.7. The highest BCUT2D eigenvalue weighted by Gasteiger charge is 2.43. The number of fused-ring (bicyclic) bond motifs is 1. The standard InChI is InChI=1S/C18H23N3O5S/c1-12-10-19-6-7-20(12)17(22)13-4-5-15-16(9-13)27(24,25)21(18(15)23)11-14-3-2-8-26-14/h4-5,9,12,14,19H,2-3,6-8,10-11H2,1H3/t12-,14?/m1/s1. The molecule has 3 aliphatic rings. The van der Waals surface area contributed by atoms with Crippen LogP contribution in [0.25, 0.3) is 0 Å². The van der Waals surface area contributed by atoms with E-state index in [1.54, 1.807) is 11.0 Å². The average Bonchev–Trinajstić information content (AvgIpc) is 3.23. The van der Waals surface area contributed by atoms with Crippen molar-refractivity contribution in [2.45, 2.75) is 36.8 Å². The Morgan fingerprint density at radius 3 is 2.89 bits per heavy atom. The summed E-state index contributed by atoms with van der Waals surface area (Å²) in [6.45, 7) is 4.51. The van der Waals surface area contributed by atoms with Gasteiger partial charge in [-0.15, -0.1) is 0 Å². The number of carbonyl (C=O) groups is 2. The van der Waals surface area contributed by atoms with E-state index in [-0.39, 0.29) is 40.6 Å². The van der Waals surface area contributed by atoms with Gasteiger partial charge in [-0.1, -0.05) is 0 Å². The Hall–Kier alpha value is -1.97. The molecule has 3 heterocycles. The lowest BCUT2D eigenvalue weighted by molar-refractivity contribution is 0.0654. The van der Waals surface area contributed by atoms with E-state index in [4.69, 9.17) is 4.74 Å². The maximum atomic E-state index is 12.9. The number of ether oxygens (including phenoxy) is 1. The Balaban J connectivity index is 1.63. The molecule has 8 nitrogen and oxygen atoms in total. The third-order valence-electron chi connectivity index (χ3n) is 5.41. The Bertz CT molecular complexity index is 879. The molecule has 0 saturated carbocycles. The second-order valence-corrected chi connectivity index (χ2v) is 9.07. The van der Waals surface area contributed by atoms with Crippen molar-refractivity contribution in [1.82, 2.24) is 14.5 Å². The fraction of sp³-hybridized carbons (Fsp3) is 0.556. The molecule has 0 spiro atoms. The summed E-state index contributed by atoms with van der Waals surface area (Å²) in [5.41, 5.74) is 0.413. The molecule has 3 aliphatic heterocycles. The lowest BCUT2D eigenvalue weighted by atomic mass is 10.1. The number of hydrogen-bond donors (Lipinski definition) is 1. The van der Waals surface area contributed by atoms with E-state index in [0.29, 0.717) is 26.2 Å². The number of piperazine rings is 1. The second-order valence-electron chi connectivity index (χ2n) is 7.24. The maximum Gasteiger partial charge on any atom is 0.269 e. The topological polar surface area (TPSA) is 96.0 Å². The minimum atomic E-state index is -3.96. The first-order valence-electron chi connectivity index (χ1n) is 9.24. The van der Waals surface area contributed by atoms with Crippen LogP contribution in [0.5, 0.6) is 0 Å². The number of amides is 2. The lowest BCUT2D eigenvalue weighted by Gasteiger charge is -2.34. The quantitative estimate of drug-likeness (QED) is 0.801. The van der Waals surface area contributed by atoms with Crippen molar-refractivity contribution in [2.75, 3.05) is 32.8 Å². The highest BCUT2D eigenvalue weighted by atomic mass is 32.2. The van der Waals surface area contributed by atoms with E-state index >= 15 is 0 Å². The Morgan fingerprint density at radius 1 is 1.37 bits per heavy atom. The minimum absolute atomic E-state index is 0.0218. The van der Waals surface area contributed by atoms with E-state index in [1.807, 2.05) is 6.92 Å². The van der Waals surface area contributed by atoms with Gasteiger partial charge in [0.05, 0.1) is 18.2 Å². The largest absolute Gasteiger partial charge is 0.376 e. The predicted octanol–water partition coefficient (Wildman–Crippen LogP) is 0.444. The van der Waals surface area contributed by atoms with E-state index < -0.39 is 15.9 Å². The van der Waals surface area contributed by atoms with Gasteiger partial charge in [-0.25, -0.2) is 12.7 Å². The number of benzene rings is 1. The molecule has 4 rings (SSSR count). The van der Waals surface area contributed by atoms with Gasteiger partial charge in [-0.2, -0.15) is 0 Å². The van der Waals surface area contributed by atoms with Crippen molar-refractivity contribution in [3.05, 3.63) is 29.3 Å². The zero-order valence-corrected chi connectivity index (χ0v) is 16.0. The van der Waals surface area contributed by atoms with Crippen molar-refractivity contribution in [3.63, 3.8) is 0 Å². The molecule has 1 aromatic carbocycles. The van der Waals surface area contributed by atoms with Crippen molar-refractivity contribution in [1.29, 1.82) is 0 Å². The van der Waals surface area contributed by atoms with Gasteiger partial charge in [0.1, 0.15) is 4.90 Å². The Kier molecular flexibility index (Phi) is 4.69. The maximum absolute atomic E-state index is 12.9. The van der Waals surface area contributed by atoms with Crippen molar-refractivity contribution in [3.8, 4) is 0 Å². The average molecular weight is 393 g/mol. The molecule has 2 atom stereocenters. The van der Waals surface area contributed by atoms with Gasteiger partial charge in [0.2, 0.25) is 0 Å². The monoisotopic (exact) mass is 393 g/mol. The van der Waals surface area contributed by atoms with Gasteiger partial charge >= 0.3 is 0 Å². The Morgan fingerprint density at radius 2 is 2.19 bits per heavy atom. The summed E-state index contributed by atoms with van der Waals surface area (Å²) in [5, 5.41) is 3.22. The van der Waals surface area contributed by atoms with Crippen LogP contribution < -0.4 is 5.32 Å². The normalized spacial score (nSPS) is 27.1. The fourth-order valence-electron chi connectivity index (χ4n) is 3.87. The van der Waals surface area contributed by atoms with E-state index in [2.05, 4.69) is 5.32 Å². The van der Waals surface area contributed by atoms with Crippen LogP contribution in [0.2, 0.25) is 0 Å². The van der Waals surface area contributed by atoms with Crippen LogP contribution in [0.15, 0.2) is 23.1 Å². The first kappa shape index (κ1) is 18.4. The summed E-state index contributed by atoms with van der Waals surface area (Å²) in [7, 11) is -3.96. The van der Waals surface area contributed by atoms with Gasteiger partial charge in [0, 0.05) is 37.8 Å². The molecule has 9 heteroatoms. The van der Waals surface area contributed by atoms with Crippen molar-refractivity contribution >= 4 is 21.8 Å². The summed E-state index contributed by atoms with van der Waals surface area (Å²) < 4.78 is 32.2. The van der Waals surface area contributed by atoms with Crippen LogP contribution >= 0.6 is 0 Å². The lowest BCUT2D eigenvalue weighted by Crippen LogP contribution is -2.52. The van der Waals surface area contributed by atoms with Gasteiger partial charge < -0.3 is 15.0 Å². The first-order chi connectivity index (χ1) is 12.9. The molecule has 146 valence electrons. The third-order valence-corrected chi connectivity index (χ3v) is 7.20. The van der Waals surface area contributed by atoms with Crippen molar-refractivity contribution in [2.24, 2.45) is 0 Å².